The number of carbonyl (C=O) groups is 1. The molecule has 2 rings (SSSR count). The molecule has 122 valence electrons. The van der Waals surface area contributed by atoms with Crippen molar-refractivity contribution in [2.45, 2.75) is 11.0 Å². The number of aliphatic hydroxyl groups is 1. The molecule has 0 bridgehead atoms. The van der Waals surface area contributed by atoms with Crippen molar-refractivity contribution in [3.63, 3.8) is 0 Å². The van der Waals surface area contributed by atoms with Crippen LogP contribution in [0.3, 0.4) is 0 Å². The van der Waals surface area contributed by atoms with E-state index in [0.29, 0.717) is 17.6 Å². The third-order valence-electron chi connectivity index (χ3n) is 3.48. The standard InChI is InChI=1S/C13H16BrFN2O4S/c1-22(20,21)11-3-8(14)2-9(12(11)15)13(19)17-5-7-4-16-6-10(7)18/h2-3,7,10,16,18H,4-6H2,1H3,(H,17,19). The van der Waals surface area contributed by atoms with Crippen LogP contribution in [0.4, 0.5) is 4.39 Å². The maximum atomic E-state index is 14.3. The van der Waals surface area contributed by atoms with E-state index in [1.54, 1.807) is 0 Å². The molecule has 2 atom stereocenters. The van der Waals surface area contributed by atoms with E-state index in [0.717, 1.165) is 12.3 Å². The van der Waals surface area contributed by atoms with Crippen LogP contribution in [0.25, 0.3) is 0 Å². The minimum atomic E-state index is -3.79. The first-order valence-electron chi connectivity index (χ1n) is 6.56. The lowest BCUT2D eigenvalue weighted by Crippen LogP contribution is -2.34. The Bertz CT molecular complexity index is 696. The van der Waals surface area contributed by atoms with Crippen molar-refractivity contribution < 1.29 is 22.7 Å². The van der Waals surface area contributed by atoms with Crippen molar-refractivity contribution in [3.8, 4) is 0 Å². The van der Waals surface area contributed by atoms with Crippen LogP contribution < -0.4 is 10.6 Å². The number of benzene rings is 1. The van der Waals surface area contributed by atoms with Crippen LogP contribution in [0.1, 0.15) is 10.4 Å². The van der Waals surface area contributed by atoms with Gasteiger partial charge in [-0.1, -0.05) is 15.9 Å². The van der Waals surface area contributed by atoms with Gasteiger partial charge in [0.15, 0.2) is 15.7 Å². The van der Waals surface area contributed by atoms with Crippen LogP contribution in [0, 0.1) is 11.7 Å². The Labute approximate surface area is 136 Å². The lowest BCUT2D eigenvalue weighted by atomic mass is 10.1. The minimum absolute atomic E-state index is 0.159. The Morgan fingerprint density at radius 1 is 1.50 bits per heavy atom. The van der Waals surface area contributed by atoms with Gasteiger partial charge in [0, 0.05) is 36.3 Å². The summed E-state index contributed by atoms with van der Waals surface area (Å²) in [6.07, 6.45) is 0.305. The third-order valence-corrected chi connectivity index (χ3v) is 5.03. The summed E-state index contributed by atoms with van der Waals surface area (Å²) in [5.74, 6) is -1.95. The molecule has 3 N–H and O–H groups in total. The lowest BCUT2D eigenvalue weighted by molar-refractivity contribution is 0.0922. The van der Waals surface area contributed by atoms with Crippen molar-refractivity contribution in [1.82, 2.24) is 10.6 Å². The Morgan fingerprint density at radius 2 is 2.18 bits per heavy atom. The van der Waals surface area contributed by atoms with Crippen LogP contribution in [0.2, 0.25) is 0 Å². The van der Waals surface area contributed by atoms with Gasteiger partial charge in [-0.15, -0.1) is 0 Å². The number of nitrogens with one attached hydrogen (secondary N) is 2. The second-order valence-electron chi connectivity index (χ2n) is 5.23. The molecule has 1 heterocycles. The molecular formula is C13H16BrFN2O4S. The molecule has 0 saturated carbocycles. The number of halogens is 2. The highest BCUT2D eigenvalue weighted by Crippen LogP contribution is 2.24. The largest absolute Gasteiger partial charge is 0.391 e. The molecule has 0 aliphatic carbocycles. The number of rotatable bonds is 4. The van der Waals surface area contributed by atoms with Crippen molar-refractivity contribution >= 4 is 31.7 Å². The number of β-amino-alcohol motifs (C(OH)–C–C–N with tert-alkyl or cyclic N) is 1. The van der Waals surface area contributed by atoms with Gasteiger partial charge in [-0.05, 0) is 12.1 Å². The van der Waals surface area contributed by atoms with E-state index in [2.05, 4.69) is 26.6 Å². The Balaban J connectivity index is 2.21. The topological polar surface area (TPSA) is 95.5 Å². The quantitative estimate of drug-likeness (QED) is 0.682. The number of hydrogen-bond acceptors (Lipinski definition) is 5. The number of aliphatic hydroxyl groups excluding tert-OH is 1. The zero-order valence-electron chi connectivity index (χ0n) is 11.8. The van der Waals surface area contributed by atoms with Gasteiger partial charge in [0.05, 0.1) is 11.7 Å². The second-order valence-corrected chi connectivity index (χ2v) is 8.13. The summed E-state index contributed by atoms with van der Waals surface area (Å²) in [7, 11) is -3.79. The van der Waals surface area contributed by atoms with Crippen molar-refractivity contribution in [1.29, 1.82) is 0 Å². The molecule has 1 aliphatic heterocycles. The fraction of sp³-hybridized carbons (Fsp3) is 0.462. The molecule has 1 aliphatic rings. The summed E-state index contributed by atoms with van der Waals surface area (Å²) >= 11 is 3.07. The molecule has 0 aromatic heterocycles. The summed E-state index contributed by atoms with van der Waals surface area (Å²) in [4.78, 5) is 11.6. The van der Waals surface area contributed by atoms with Gasteiger partial charge in [-0.25, -0.2) is 12.8 Å². The van der Waals surface area contributed by atoms with Gasteiger partial charge in [-0.3, -0.25) is 4.79 Å². The van der Waals surface area contributed by atoms with E-state index in [1.807, 2.05) is 0 Å². The van der Waals surface area contributed by atoms with Crippen LogP contribution >= 0.6 is 15.9 Å². The zero-order valence-corrected chi connectivity index (χ0v) is 14.2. The van der Waals surface area contributed by atoms with Gasteiger partial charge in [0.2, 0.25) is 0 Å². The summed E-state index contributed by atoms with van der Waals surface area (Å²) in [6, 6.07) is 2.34. The van der Waals surface area contributed by atoms with Gasteiger partial charge < -0.3 is 15.7 Å². The van der Waals surface area contributed by atoms with Crippen LogP contribution in [-0.4, -0.2) is 51.4 Å². The first-order chi connectivity index (χ1) is 10.2. The molecule has 1 fully saturated rings. The lowest BCUT2D eigenvalue weighted by Gasteiger charge is -2.15. The van der Waals surface area contributed by atoms with Gasteiger partial charge >= 0.3 is 0 Å². The summed E-state index contributed by atoms with van der Waals surface area (Å²) in [6.45, 7) is 1.17. The van der Waals surface area contributed by atoms with E-state index >= 15 is 0 Å². The average Bonchev–Trinajstić information content (AvgIpc) is 2.82. The SMILES string of the molecule is CS(=O)(=O)c1cc(Br)cc(C(=O)NCC2CNCC2O)c1F. The molecule has 2 unspecified atom stereocenters. The van der Waals surface area contributed by atoms with Crippen molar-refractivity contribution in [2.24, 2.45) is 5.92 Å². The smallest absolute Gasteiger partial charge is 0.254 e. The molecule has 0 spiro atoms. The Hall–Kier alpha value is -1.03. The number of carbonyl (C=O) groups excluding carboxylic acids is 1. The average molecular weight is 395 g/mol. The molecule has 6 nitrogen and oxygen atoms in total. The highest BCUT2D eigenvalue weighted by molar-refractivity contribution is 9.10. The number of hydrogen-bond donors (Lipinski definition) is 3. The van der Waals surface area contributed by atoms with E-state index in [1.165, 1.54) is 6.07 Å². The Morgan fingerprint density at radius 3 is 2.73 bits per heavy atom. The van der Waals surface area contributed by atoms with Crippen LogP contribution in [0.15, 0.2) is 21.5 Å². The summed E-state index contributed by atoms with van der Waals surface area (Å²) in [5, 5.41) is 15.1. The maximum absolute atomic E-state index is 14.3. The summed E-state index contributed by atoms with van der Waals surface area (Å²) < 4.78 is 37.7. The van der Waals surface area contributed by atoms with E-state index in [9.17, 15) is 22.7 Å². The maximum Gasteiger partial charge on any atom is 0.254 e. The molecule has 9 heteroatoms. The van der Waals surface area contributed by atoms with E-state index in [-0.39, 0.29) is 18.0 Å². The highest BCUT2D eigenvalue weighted by Gasteiger charge is 2.27. The predicted octanol–water partition coefficient (Wildman–Crippen LogP) is 0.302. The number of sulfone groups is 1. The van der Waals surface area contributed by atoms with Gasteiger partial charge in [0.1, 0.15) is 4.90 Å². The first-order valence-corrected chi connectivity index (χ1v) is 9.24. The zero-order chi connectivity index (χ0) is 16.5. The fourth-order valence-corrected chi connectivity index (χ4v) is 3.63. The molecular weight excluding hydrogens is 379 g/mol. The molecule has 1 aromatic rings. The van der Waals surface area contributed by atoms with Crippen LogP contribution in [-0.2, 0) is 9.84 Å². The van der Waals surface area contributed by atoms with Gasteiger partial charge in [-0.2, -0.15) is 0 Å². The molecule has 22 heavy (non-hydrogen) atoms. The predicted molar refractivity (Wildman–Crippen MR) is 81.9 cm³/mol. The van der Waals surface area contributed by atoms with Crippen LogP contribution in [0.5, 0.6) is 0 Å². The highest BCUT2D eigenvalue weighted by atomic mass is 79.9. The van der Waals surface area contributed by atoms with Gasteiger partial charge in [0.25, 0.3) is 5.91 Å². The molecule has 1 saturated heterocycles. The minimum Gasteiger partial charge on any atom is -0.391 e. The second kappa shape index (κ2) is 6.61. The summed E-state index contributed by atoms with van der Waals surface area (Å²) in [5.41, 5.74) is -0.352. The molecule has 0 radical (unpaired) electrons. The fourth-order valence-electron chi connectivity index (χ4n) is 2.25. The molecule has 1 aromatic carbocycles. The third kappa shape index (κ3) is 3.83. The Kier molecular flexibility index (Phi) is 5.21. The normalized spacial score (nSPS) is 21.8. The van der Waals surface area contributed by atoms with Crippen molar-refractivity contribution in [2.75, 3.05) is 25.9 Å². The van der Waals surface area contributed by atoms with Crippen molar-refractivity contribution in [3.05, 3.63) is 28.0 Å². The molecule has 1 amide bonds. The monoisotopic (exact) mass is 394 g/mol. The van der Waals surface area contributed by atoms with E-state index < -0.39 is 32.6 Å². The number of amides is 1. The first kappa shape index (κ1) is 17.3. The van der Waals surface area contributed by atoms with E-state index in [4.69, 9.17) is 0 Å².